The fourth-order valence-corrected chi connectivity index (χ4v) is 5.26. The van der Waals surface area contributed by atoms with Crippen molar-refractivity contribution in [2.45, 2.75) is 32.2 Å². The molecule has 40 heavy (non-hydrogen) atoms. The third-order valence-corrected chi connectivity index (χ3v) is 7.53. The van der Waals surface area contributed by atoms with Gasteiger partial charge < -0.3 is 20.4 Å². The van der Waals surface area contributed by atoms with Crippen LogP contribution in [0.3, 0.4) is 0 Å². The van der Waals surface area contributed by atoms with E-state index in [1.807, 2.05) is 61.5 Å². The maximum absolute atomic E-state index is 12.5. The summed E-state index contributed by atoms with van der Waals surface area (Å²) in [6.07, 6.45) is 10.3. The molecule has 0 saturated carbocycles. The standard InChI is InChI=1S/C32H45N7O/c1-5-10-25(6-2)23-39-21-15-29-28(24-39)31(33-16-9-20-38-18-7-8-19-38)36-30(35-29)26-11-13-27(14-12-26)32(40)34-17-22-37(3)4/h5-6,10-14H,1-2,7-9,15-24H2,3-4H3,(H,34,40)(H,33,35,36)/b25-10+. The van der Waals surface area contributed by atoms with Crippen molar-refractivity contribution in [3.05, 3.63) is 78.0 Å². The number of hydrogen-bond donors (Lipinski definition) is 2. The van der Waals surface area contributed by atoms with Gasteiger partial charge in [-0.05, 0) is 70.7 Å². The Bertz CT molecular complexity index is 1180. The summed E-state index contributed by atoms with van der Waals surface area (Å²) in [7, 11) is 3.98. The Labute approximate surface area is 239 Å². The second kappa shape index (κ2) is 14.9. The molecule has 0 spiro atoms. The highest BCUT2D eigenvalue weighted by molar-refractivity contribution is 5.94. The van der Waals surface area contributed by atoms with E-state index in [1.54, 1.807) is 0 Å². The largest absolute Gasteiger partial charge is 0.370 e. The Balaban J connectivity index is 1.50. The molecule has 0 aliphatic carbocycles. The van der Waals surface area contributed by atoms with Crippen molar-refractivity contribution in [2.75, 3.05) is 71.8 Å². The number of benzene rings is 1. The molecule has 4 rings (SSSR count). The number of fused-ring (bicyclic) bond motifs is 1. The number of aromatic nitrogens is 2. The van der Waals surface area contributed by atoms with Gasteiger partial charge in [-0.2, -0.15) is 0 Å². The molecule has 2 aromatic rings. The lowest BCUT2D eigenvalue weighted by atomic mass is 10.0. The summed E-state index contributed by atoms with van der Waals surface area (Å²) >= 11 is 0. The zero-order valence-electron chi connectivity index (χ0n) is 24.3. The third-order valence-electron chi connectivity index (χ3n) is 7.53. The summed E-state index contributed by atoms with van der Waals surface area (Å²) in [5, 5.41) is 6.63. The minimum atomic E-state index is -0.0652. The molecule has 8 heteroatoms. The van der Waals surface area contributed by atoms with E-state index >= 15 is 0 Å². The fourth-order valence-electron chi connectivity index (χ4n) is 5.26. The number of carbonyl (C=O) groups is 1. The SMILES string of the molecule is C=C/C=C(\C=C)CN1CCc2nc(-c3ccc(C(=O)NCCN(C)C)cc3)nc(NCCCN3CCCC3)c2C1. The number of rotatable bonds is 14. The maximum atomic E-state index is 12.5. The van der Waals surface area contributed by atoms with Crippen LogP contribution in [0, 0.1) is 0 Å². The van der Waals surface area contributed by atoms with Crippen LogP contribution in [0.5, 0.6) is 0 Å². The molecule has 1 aromatic carbocycles. The number of allylic oxidation sites excluding steroid dienone is 2. The number of carbonyl (C=O) groups excluding carboxylic acids is 1. The highest BCUT2D eigenvalue weighted by atomic mass is 16.1. The minimum absolute atomic E-state index is 0.0652. The number of nitrogens with one attached hydrogen (secondary N) is 2. The van der Waals surface area contributed by atoms with Gasteiger partial charge in [-0.1, -0.05) is 43.5 Å². The molecule has 0 bridgehead atoms. The molecule has 0 radical (unpaired) electrons. The minimum Gasteiger partial charge on any atom is -0.370 e. The van der Waals surface area contributed by atoms with E-state index in [0.717, 1.165) is 74.8 Å². The number of amides is 1. The first-order valence-corrected chi connectivity index (χ1v) is 14.5. The Morgan fingerprint density at radius 3 is 2.52 bits per heavy atom. The van der Waals surface area contributed by atoms with Crippen molar-refractivity contribution >= 4 is 11.7 Å². The summed E-state index contributed by atoms with van der Waals surface area (Å²) in [6, 6.07) is 7.62. The lowest BCUT2D eigenvalue weighted by Crippen LogP contribution is -2.33. The van der Waals surface area contributed by atoms with Gasteiger partial charge in [-0.15, -0.1) is 0 Å². The maximum Gasteiger partial charge on any atom is 0.251 e. The van der Waals surface area contributed by atoms with E-state index in [-0.39, 0.29) is 5.91 Å². The number of anilines is 1. The first-order chi connectivity index (χ1) is 19.5. The lowest BCUT2D eigenvalue weighted by Gasteiger charge is -2.30. The molecular formula is C32H45N7O. The normalized spacial score (nSPS) is 16.1. The van der Waals surface area contributed by atoms with Crippen molar-refractivity contribution < 1.29 is 4.79 Å². The number of nitrogens with zero attached hydrogens (tertiary/aromatic N) is 5. The average Bonchev–Trinajstić information content (AvgIpc) is 3.48. The van der Waals surface area contributed by atoms with Crippen molar-refractivity contribution in [2.24, 2.45) is 0 Å². The quantitative estimate of drug-likeness (QED) is 0.276. The first-order valence-electron chi connectivity index (χ1n) is 14.5. The summed E-state index contributed by atoms with van der Waals surface area (Å²) in [4.78, 5) is 29.6. The highest BCUT2D eigenvalue weighted by Crippen LogP contribution is 2.28. The van der Waals surface area contributed by atoms with Crippen LogP contribution in [-0.4, -0.2) is 97.0 Å². The van der Waals surface area contributed by atoms with Gasteiger partial charge in [0.25, 0.3) is 5.91 Å². The molecule has 0 unspecified atom stereocenters. The lowest BCUT2D eigenvalue weighted by molar-refractivity contribution is 0.0951. The average molecular weight is 544 g/mol. The van der Waals surface area contributed by atoms with Gasteiger partial charge in [0.2, 0.25) is 0 Å². The van der Waals surface area contributed by atoms with Crippen molar-refractivity contribution in [3.8, 4) is 11.4 Å². The molecule has 2 aliphatic heterocycles. The Hall–Kier alpha value is -3.33. The van der Waals surface area contributed by atoms with E-state index < -0.39 is 0 Å². The van der Waals surface area contributed by atoms with Crippen molar-refractivity contribution in [3.63, 3.8) is 0 Å². The predicted molar refractivity (Wildman–Crippen MR) is 165 cm³/mol. The molecular weight excluding hydrogens is 498 g/mol. The van der Waals surface area contributed by atoms with Crippen LogP contribution in [0.15, 0.2) is 61.2 Å². The van der Waals surface area contributed by atoms with Crippen LogP contribution in [0.2, 0.25) is 0 Å². The Morgan fingerprint density at radius 1 is 1.05 bits per heavy atom. The number of likely N-dealkylation sites (tertiary alicyclic amines) is 1. The van der Waals surface area contributed by atoms with E-state index in [9.17, 15) is 4.79 Å². The van der Waals surface area contributed by atoms with Crippen LogP contribution >= 0.6 is 0 Å². The summed E-state index contributed by atoms with van der Waals surface area (Å²) in [6.45, 7) is 16.2. The number of hydrogen-bond acceptors (Lipinski definition) is 7. The molecule has 2 aliphatic rings. The van der Waals surface area contributed by atoms with Gasteiger partial charge >= 0.3 is 0 Å². The molecule has 1 aromatic heterocycles. The van der Waals surface area contributed by atoms with Gasteiger partial charge in [-0.3, -0.25) is 9.69 Å². The summed E-state index contributed by atoms with van der Waals surface area (Å²) in [5.41, 5.74) is 4.98. The van der Waals surface area contributed by atoms with Gasteiger partial charge in [0.1, 0.15) is 5.82 Å². The monoisotopic (exact) mass is 543 g/mol. The Morgan fingerprint density at radius 2 is 1.82 bits per heavy atom. The van der Waals surface area contributed by atoms with Crippen LogP contribution in [0.4, 0.5) is 5.82 Å². The van der Waals surface area contributed by atoms with E-state index in [4.69, 9.17) is 9.97 Å². The molecule has 8 nitrogen and oxygen atoms in total. The molecule has 1 fully saturated rings. The molecule has 3 heterocycles. The third kappa shape index (κ3) is 8.34. The van der Waals surface area contributed by atoms with Gasteiger partial charge in [-0.25, -0.2) is 9.97 Å². The van der Waals surface area contributed by atoms with Crippen LogP contribution in [0.25, 0.3) is 11.4 Å². The van der Waals surface area contributed by atoms with Crippen molar-refractivity contribution in [1.82, 2.24) is 30.0 Å². The first kappa shape index (κ1) is 29.6. The van der Waals surface area contributed by atoms with Gasteiger partial charge in [0.05, 0.1) is 5.69 Å². The van der Waals surface area contributed by atoms with E-state index in [1.165, 1.54) is 31.5 Å². The van der Waals surface area contributed by atoms with E-state index in [2.05, 4.69) is 33.6 Å². The summed E-state index contributed by atoms with van der Waals surface area (Å²) < 4.78 is 0. The van der Waals surface area contributed by atoms with Crippen LogP contribution < -0.4 is 10.6 Å². The Kier molecular flexibility index (Phi) is 11.0. The molecule has 2 N–H and O–H groups in total. The smallest absolute Gasteiger partial charge is 0.251 e. The van der Waals surface area contributed by atoms with Crippen LogP contribution in [0.1, 0.15) is 40.9 Å². The number of likely N-dealkylation sites (N-methyl/N-ethyl adjacent to an activating group) is 1. The highest BCUT2D eigenvalue weighted by Gasteiger charge is 2.23. The molecule has 214 valence electrons. The molecule has 1 saturated heterocycles. The zero-order chi connectivity index (χ0) is 28.3. The summed E-state index contributed by atoms with van der Waals surface area (Å²) in [5.74, 6) is 1.56. The molecule has 0 atom stereocenters. The zero-order valence-corrected chi connectivity index (χ0v) is 24.3. The predicted octanol–water partition coefficient (Wildman–Crippen LogP) is 3.99. The van der Waals surface area contributed by atoms with Gasteiger partial charge in [0, 0.05) is 62.4 Å². The van der Waals surface area contributed by atoms with Gasteiger partial charge in [0.15, 0.2) is 5.82 Å². The second-order valence-corrected chi connectivity index (χ2v) is 10.9. The molecule has 1 amide bonds. The van der Waals surface area contributed by atoms with Crippen LogP contribution in [-0.2, 0) is 13.0 Å². The van der Waals surface area contributed by atoms with E-state index in [0.29, 0.717) is 17.9 Å². The van der Waals surface area contributed by atoms with Crippen molar-refractivity contribution in [1.29, 1.82) is 0 Å². The topological polar surface area (TPSA) is 76.6 Å². The second-order valence-electron chi connectivity index (χ2n) is 10.9. The fraction of sp³-hybridized carbons (Fsp3) is 0.469.